The van der Waals surface area contributed by atoms with E-state index in [9.17, 15) is 14.4 Å². The third-order valence-electron chi connectivity index (χ3n) is 7.03. The Hall–Kier alpha value is -5.11. The molecule has 0 aromatic heterocycles. The minimum Gasteiger partial charge on any atom is -0.325 e. The van der Waals surface area contributed by atoms with Crippen LogP contribution in [0.15, 0.2) is 138 Å². The minimum absolute atomic E-state index is 0.0572. The van der Waals surface area contributed by atoms with E-state index in [1.54, 1.807) is 66.7 Å². The summed E-state index contributed by atoms with van der Waals surface area (Å²) >= 11 is 7.57. The number of hydrogen-bond acceptors (Lipinski definition) is 4. The van der Waals surface area contributed by atoms with E-state index in [1.165, 1.54) is 11.8 Å². The molecule has 3 N–H and O–H groups in total. The van der Waals surface area contributed by atoms with E-state index in [1.807, 2.05) is 80.6 Å². The molecule has 0 spiro atoms. The maximum Gasteiger partial charge on any atom is 0.272 e. The standard InChI is InChI=1S/C38H32ClN3O3S/c1-25-16-21-33(26(2)22-25)41-38(45)35(28-11-5-3-6-12-28)46-32-19-17-31(18-20-32)40-37(44)34(24-27-10-9-15-30(39)23-27)42-36(43)29-13-7-4-8-14-29/h3-24,35H,1-2H3,(H,40,44)(H,41,45)(H,42,43)/b34-24-. The Morgan fingerprint density at radius 2 is 1.43 bits per heavy atom. The smallest absolute Gasteiger partial charge is 0.272 e. The van der Waals surface area contributed by atoms with Gasteiger partial charge in [-0.3, -0.25) is 14.4 Å². The summed E-state index contributed by atoms with van der Waals surface area (Å²) in [4.78, 5) is 40.8. The summed E-state index contributed by atoms with van der Waals surface area (Å²) in [7, 11) is 0. The summed E-state index contributed by atoms with van der Waals surface area (Å²) in [5.74, 6) is -1.05. The van der Waals surface area contributed by atoms with Crippen LogP contribution in [0, 0.1) is 13.8 Å². The number of hydrogen-bond donors (Lipinski definition) is 3. The molecule has 230 valence electrons. The third kappa shape index (κ3) is 8.75. The van der Waals surface area contributed by atoms with Crippen LogP contribution in [-0.2, 0) is 9.59 Å². The summed E-state index contributed by atoms with van der Waals surface area (Å²) in [6.45, 7) is 3.99. The Kier molecular flexibility index (Phi) is 10.7. The predicted molar refractivity (Wildman–Crippen MR) is 188 cm³/mol. The molecule has 5 aromatic carbocycles. The molecule has 0 saturated heterocycles. The van der Waals surface area contributed by atoms with Gasteiger partial charge in [0.15, 0.2) is 0 Å². The van der Waals surface area contributed by atoms with Crippen molar-refractivity contribution in [3.63, 3.8) is 0 Å². The molecular weight excluding hydrogens is 614 g/mol. The summed E-state index contributed by atoms with van der Waals surface area (Å²) in [5.41, 5.74) is 5.43. The number of amides is 3. The minimum atomic E-state index is -0.511. The Bertz CT molecular complexity index is 1880. The van der Waals surface area contributed by atoms with Gasteiger partial charge in [-0.25, -0.2) is 0 Å². The highest BCUT2D eigenvalue weighted by Gasteiger charge is 2.23. The topological polar surface area (TPSA) is 87.3 Å². The molecule has 0 aliphatic rings. The lowest BCUT2D eigenvalue weighted by Gasteiger charge is -2.18. The maximum atomic E-state index is 13.6. The second kappa shape index (κ2) is 15.3. The predicted octanol–water partition coefficient (Wildman–Crippen LogP) is 8.84. The van der Waals surface area contributed by atoms with Gasteiger partial charge in [0.25, 0.3) is 11.8 Å². The highest BCUT2D eigenvalue weighted by molar-refractivity contribution is 8.00. The zero-order valence-electron chi connectivity index (χ0n) is 25.3. The van der Waals surface area contributed by atoms with Crippen LogP contribution in [0.3, 0.4) is 0 Å². The number of carbonyl (C=O) groups excluding carboxylic acids is 3. The average molecular weight is 646 g/mol. The molecule has 0 radical (unpaired) electrons. The molecule has 0 aliphatic heterocycles. The number of aryl methyl sites for hydroxylation is 2. The van der Waals surface area contributed by atoms with Gasteiger partial charge < -0.3 is 16.0 Å². The van der Waals surface area contributed by atoms with Crippen molar-refractivity contribution in [2.75, 3.05) is 10.6 Å². The van der Waals surface area contributed by atoms with Crippen molar-refractivity contribution in [1.29, 1.82) is 0 Å². The number of halogens is 1. The van der Waals surface area contributed by atoms with E-state index in [4.69, 9.17) is 11.6 Å². The van der Waals surface area contributed by atoms with Gasteiger partial charge in [0, 0.05) is 26.9 Å². The molecular formula is C38H32ClN3O3S. The fourth-order valence-corrected chi connectivity index (χ4v) is 5.93. The fraction of sp³-hybridized carbons (Fsp3) is 0.0789. The second-order valence-corrected chi connectivity index (χ2v) is 12.2. The van der Waals surface area contributed by atoms with Gasteiger partial charge in [0.2, 0.25) is 5.91 Å². The maximum absolute atomic E-state index is 13.6. The molecule has 0 fully saturated rings. The summed E-state index contributed by atoms with van der Waals surface area (Å²) < 4.78 is 0. The zero-order valence-corrected chi connectivity index (χ0v) is 26.9. The number of rotatable bonds is 10. The molecule has 5 aromatic rings. The van der Waals surface area contributed by atoms with Gasteiger partial charge in [-0.15, -0.1) is 11.8 Å². The average Bonchev–Trinajstić information content (AvgIpc) is 3.06. The molecule has 0 saturated carbocycles. The molecule has 1 atom stereocenters. The lowest BCUT2D eigenvalue weighted by molar-refractivity contribution is -0.116. The van der Waals surface area contributed by atoms with E-state index < -0.39 is 17.1 Å². The monoisotopic (exact) mass is 645 g/mol. The number of anilines is 2. The van der Waals surface area contributed by atoms with E-state index in [0.29, 0.717) is 21.8 Å². The largest absolute Gasteiger partial charge is 0.325 e. The summed E-state index contributed by atoms with van der Waals surface area (Å²) in [5, 5.41) is 8.69. The van der Waals surface area contributed by atoms with Crippen LogP contribution in [0.5, 0.6) is 0 Å². The van der Waals surface area contributed by atoms with E-state index in [2.05, 4.69) is 16.0 Å². The molecule has 0 aliphatic carbocycles. The Balaban J connectivity index is 1.33. The first-order valence-corrected chi connectivity index (χ1v) is 15.9. The molecule has 0 bridgehead atoms. The van der Waals surface area contributed by atoms with Crippen molar-refractivity contribution in [3.05, 3.63) is 166 Å². The number of thioether (sulfide) groups is 1. The van der Waals surface area contributed by atoms with Gasteiger partial charge >= 0.3 is 0 Å². The van der Waals surface area contributed by atoms with Crippen molar-refractivity contribution < 1.29 is 14.4 Å². The third-order valence-corrected chi connectivity index (χ3v) is 8.54. The molecule has 3 amide bonds. The van der Waals surface area contributed by atoms with Gasteiger partial charge in [-0.05, 0) is 91.2 Å². The van der Waals surface area contributed by atoms with Gasteiger partial charge in [-0.1, -0.05) is 90.0 Å². The fourth-order valence-electron chi connectivity index (χ4n) is 4.71. The van der Waals surface area contributed by atoms with Crippen LogP contribution >= 0.6 is 23.4 Å². The second-order valence-electron chi connectivity index (χ2n) is 10.6. The lowest BCUT2D eigenvalue weighted by Crippen LogP contribution is -2.30. The van der Waals surface area contributed by atoms with Gasteiger partial charge in [0.05, 0.1) is 0 Å². The van der Waals surface area contributed by atoms with Crippen LogP contribution in [0.4, 0.5) is 11.4 Å². The van der Waals surface area contributed by atoms with Crippen molar-refractivity contribution in [3.8, 4) is 0 Å². The molecule has 8 heteroatoms. The molecule has 5 rings (SSSR count). The first-order valence-electron chi connectivity index (χ1n) is 14.6. The van der Waals surface area contributed by atoms with Crippen LogP contribution in [-0.4, -0.2) is 17.7 Å². The number of nitrogens with one attached hydrogen (secondary N) is 3. The summed E-state index contributed by atoms with van der Waals surface area (Å²) in [6, 6.07) is 38.4. The Morgan fingerprint density at radius 3 is 2.11 bits per heavy atom. The zero-order chi connectivity index (χ0) is 32.5. The summed E-state index contributed by atoms with van der Waals surface area (Å²) in [6.07, 6.45) is 1.57. The van der Waals surface area contributed by atoms with Crippen molar-refractivity contribution in [2.24, 2.45) is 0 Å². The van der Waals surface area contributed by atoms with Crippen LogP contribution in [0.2, 0.25) is 5.02 Å². The van der Waals surface area contributed by atoms with E-state index >= 15 is 0 Å². The highest BCUT2D eigenvalue weighted by atomic mass is 35.5. The first-order chi connectivity index (χ1) is 22.2. The highest BCUT2D eigenvalue weighted by Crippen LogP contribution is 2.37. The van der Waals surface area contributed by atoms with Crippen LogP contribution < -0.4 is 16.0 Å². The van der Waals surface area contributed by atoms with Gasteiger partial charge in [-0.2, -0.15) is 0 Å². The SMILES string of the molecule is Cc1ccc(NC(=O)C(Sc2ccc(NC(=O)/C(=C/c3cccc(Cl)c3)NC(=O)c3ccccc3)cc2)c2ccccc2)c(C)c1. The van der Waals surface area contributed by atoms with Crippen molar-refractivity contribution in [2.45, 2.75) is 24.0 Å². The van der Waals surface area contributed by atoms with E-state index in [0.717, 1.165) is 27.3 Å². The van der Waals surface area contributed by atoms with Crippen LogP contribution in [0.25, 0.3) is 6.08 Å². The molecule has 46 heavy (non-hydrogen) atoms. The molecule has 0 heterocycles. The van der Waals surface area contributed by atoms with Crippen LogP contribution in [0.1, 0.15) is 37.9 Å². The normalized spacial score (nSPS) is 11.8. The van der Waals surface area contributed by atoms with Crippen molar-refractivity contribution in [1.82, 2.24) is 5.32 Å². The first kappa shape index (κ1) is 32.3. The van der Waals surface area contributed by atoms with E-state index in [-0.39, 0.29) is 11.6 Å². The van der Waals surface area contributed by atoms with Crippen molar-refractivity contribution >= 4 is 58.5 Å². The lowest BCUT2D eigenvalue weighted by atomic mass is 10.1. The number of carbonyl (C=O) groups is 3. The number of benzene rings is 5. The van der Waals surface area contributed by atoms with Gasteiger partial charge in [0.1, 0.15) is 10.9 Å². The quantitative estimate of drug-likeness (QED) is 0.105. The molecule has 6 nitrogen and oxygen atoms in total. The Morgan fingerprint density at radius 1 is 0.739 bits per heavy atom. The Labute approximate surface area is 277 Å². The molecule has 1 unspecified atom stereocenters.